The van der Waals surface area contributed by atoms with E-state index in [2.05, 4.69) is 5.32 Å². The fraction of sp³-hybridized carbons (Fsp3) is 0.438. The molecule has 1 aromatic rings. The number of β-lactam (4-membered cyclic amide) rings is 1. The molecule has 2 aliphatic rings. The van der Waals surface area contributed by atoms with Gasteiger partial charge in [0.2, 0.25) is 12.1 Å². The van der Waals surface area contributed by atoms with Gasteiger partial charge in [0, 0.05) is 0 Å². The third-order valence-electron chi connectivity index (χ3n) is 4.53. The molecule has 1 aromatic carbocycles. The number of thioether (sulfide) groups is 1. The molecular weight excluding hydrogens is 330 g/mol. The van der Waals surface area contributed by atoms with Gasteiger partial charge in [-0.25, -0.2) is 4.79 Å². The predicted octanol–water partition coefficient (Wildman–Crippen LogP) is 0.193. The number of carbonyl (C=O) groups is 3. The van der Waals surface area contributed by atoms with Crippen molar-refractivity contribution in [2.24, 2.45) is 5.73 Å². The van der Waals surface area contributed by atoms with Crippen molar-refractivity contribution in [2.75, 3.05) is 0 Å². The van der Waals surface area contributed by atoms with E-state index in [0.717, 1.165) is 5.56 Å². The summed E-state index contributed by atoms with van der Waals surface area (Å²) < 4.78 is 4.64. The highest BCUT2D eigenvalue weighted by Crippen LogP contribution is 2.54. The van der Waals surface area contributed by atoms with E-state index in [1.807, 2.05) is 30.3 Å². The van der Waals surface area contributed by atoms with Gasteiger partial charge in [-0.05, 0) is 19.4 Å². The largest absolute Gasteiger partial charge is 0.458 e. The molecule has 0 radical (unpaired) electrons. The molecule has 2 saturated heterocycles. The summed E-state index contributed by atoms with van der Waals surface area (Å²) in [7, 11) is 0. The van der Waals surface area contributed by atoms with Crippen molar-refractivity contribution in [3.8, 4) is 0 Å². The number of hydrogen-bond acceptors (Lipinski definition) is 6. The van der Waals surface area contributed by atoms with Gasteiger partial charge < -0.3 is 10.1 Å². The van der Waals surface area contributed by atoms with E-state index in [-0.39, 0.29) is 17.9 Å². The standard InChI is InChI=1S/C16H19N3O4S/c1-15(2)16(17,14(22)23-8-10-6-4-3-5-7-10)19-12(21)11(18-9-20)13(19)24-15/h3-7,9,11,13H,8,17H2,1-2H3,(H,18,20)/t11-,13+,16-/m0/s1. The number of fused-ring (bicyclic) bond motifs is 1. The zero-order chi connectivity index (χ0) is 17.5. The Morgan fingerprint density at radius 1 is 1.42 bits per heavy atom. The monoisotopic (exact) mass is 349 g/mol. The smallest absolute Gasteiger partial charge is 0.349 e. The van der Waals surface area contributed by atoms with Crippen LogP contribution in [0.2, 0.25) is 0 Å². The van der Waals surface area contributed by atoms with Crippen LogP contribution in [0.1, 0.15) is 19.4 Å². The maximum Gasteiger partial charge on any atom is 0.349 e. The summed E-state index contributed by atoms with van der Waals surface area (Å²) in [6.07, 6.45) is 0.484. The number of nitrogens with one attached hydrogen (secondary N) is 1. The Morgan fingerprint density at radius 3 is 2.71 bits per heavy atom. The van der Waals surface area contributed by atoms with Crippen molar-refractivity contribution in [3.63, 3.8) is 0 Å². The number of amides is 2. The quantitative estimate of drug-likeness (QED) is 0.447. The Balaban J connectivity index is 1.78. The minimum Gasteiger partial charge on any atom is -0.458 e. The first-order chi connectivity index (χ1) is 11.3. The first-order valence-electron chi connectivity index (χ1n) is 7.53. The number of hydrogen-bond donors (Lipinski definition) is 2. The third kappa shape index (κ3) is 2.29. The molecule has 0 bridgehead atoms. The summed E-state index contributed by atoms with van der Waals surface area (Å²) in [6.45, 7) is 3.68. The molecule has 2 amide bonds. The number of nitrogens with two attached hydrogens (primary N) is 1. The highest BCUT2D eigenvalue weighted by molar-refractivity contribution is 8.01. The minimum absolute atomic E-state index is 0.0854. The molecule has 3 N–H and O–H groups in total. The van der Waals surface area contributed by atoms with Gasteiger partial charge in [-0.15, -0.1) is 11.8 Å². The molecular formula is C16H19N3O4S. The summed E-state index contributed by atoms with van der Waals surface area (Å²) in [5.41, 5.74) is 5.64. The van der Waals surface area contributed by atoms with E-state index < -0.39 is 22.4 Å². The lowest BCUT2D eigenvalue weighted by Gasteiger charge is -2.48. The zero-order valence-electron chi connectivity index (χ0n) is 13.4. The van der Waals surface area contributed by atoms with Crippen LogP contribution in [0.5, 0.6) is 0 Å². The van der Waals surface area contributed by atoms with Crippen molar-refractivity contribution >= 4 is 30.0 Å². The van der Waals surface area contributed by atoms with Gasteiger partial charge in [0.05, 0.1) is 4.75 Å². The second-order valence-corrected chi connectivity index (χ2v) is 8.06. The normalized spacial score (nSPS) is 30.3. The van der Waals surface area contributed by atoms with E-state index in [1.165, 1.54) is 16.7 Å². The fourth-order valence-corrected chi connectivity index (χ4v) is 4.72. The van der Waals surface area contributed by atoms with Gasteiger partial charge >= 0.3 is 5.97 Å². The molecule has 24 heavy (non-hydrogen) atoms. The summed E-state index contributed by atoms with van der Waals surface area (Å²) >= 11 is 1.38. The molecule has 7 nitrogen and oxygen atoms in total. The maximum absolute atomic E-state index is 12.7. The number of esters is 1. The molecule has 2 fully saturated rings. The molecule has 2 aliphatic heterocycles. The van der Waals surface area contributed by atoms with Gasteiger partial charge in [-0.1, -0.05) is 30.3 Å². The van der Waals surface area contributed by atoms with Crippen molar-refractivity contribution in [1.29, 1.82) is 0 Å². The molecule has 2 heterocycles. The predicted molar refractivity (Wildman–Crippen MR) is 88.4 cm³/mol. The Hall–Kier alpha value is -2.06. The Labute approximate surface area is 143 Å². The van der Waals surface area contributed by atoms with Gasteiger partial charge in [-0.2, -0.15) is 0 Å². The third-order valence-corrected chi connectivity index (χ3v) is 6.15. The lowest BCUT2D eigenvalue weighted by atomic mass is 9.89. The average Bonchev–Trinajstić information content (AvgIpc) is 2.76. The van der Waals surface area contributed by atoms with E-state index >= 15 is 0 Å². The number of benzene rings is 1. The van der Waals surface area contributed by atoms with Crippen LogP contribution in [0.3, 0.4) is 0 Å². The average molecular weight is 349 g/mol. The first-order valence-corrected chi connectivity index (χ1v) is 8.41. The van der Waals surface area contributed by atoms with Crippen LogP contribution in [0.15, 0.2) is 30.3 Å². The number of rotatable bonds is 5. The highest BCUT2D eigenvalue weighted by atomic mass is 32.2. The second-order valence-electron chi connectivity index (χ2n) is 6.32. The van der Waals surface area contributed by atoms with E-state index in [1.54, 1.807) is 13.8 Å². The molecule has 0 unspecified atom stereocenters. The van der Waals surface area contributed by atoms with E-state index in [0.29, 0.717) is 6.41 Å². The van der Waals surface area contributed by atoms with Crippen LogP contribution in [-0.2, 0) is 25.7 Å². The molecule has 0 aromatic heterocycles. The Kier molecular flexibility index (Phi) is 4.05. The molecule has 8 heteroatoms. The van der Waals surface area contributed by atoms with Gasteiger partial charge in [-0.3, -0.25) is 20.2 Å². The topological polar surface area (TPSA) is 102 Å². The molecule has 0 aliphatic carbocycles. The number of ether oxygens (including phenoxy) is 1. The lowest BCUT2D eigenvalue weighted by Crippen LogP contribution is -2.78. The summed E-state index contributed by atoms with van der Waals surface area (Å²) in [6, 6.07) is 8.59. The molecule has 3 rings (SSSR count). The minimum atomic E-state index is -1.57. The maximum atomic E-state index is 12.7. The number of carbonyl (C=O) groups excluding carboxylic acids is 3. The molecule has 0 spiro atoms. The van der Waals surface area contributed by atoms with Gasteiger partial charge in [0.15, 0.2) is 0 Å². The summed E-state index contributed by atoms with van der Waals surface area (Å²) in [5.74, 6) is -1.02. The first kappa shape index (κ1) is 16.8. The van der Waals surface area contributed by atoms with Crippen molar-refractivity contribution in [1.82, 2.24) is 10.2 Å². The summed E-state index contributed by atoms with van der Waals surface area (Å²) in [4.78, 5) is 37.0. The lowest BCUT2D eigenvalue weighted by molar-refractivity contribution is -0.175. The van der Waals surface area contributed by atoms with Crippen molar-refractivity contribution < 1.29 is 19.1 Å². The molecule has 128 valence electrons. The van der Waals surface area contributed by atoms with Crippen molar-refractivity contribution in [3.05, 3.63) is 35.9 Å². The van der Waals surface area contributed by atoms with Crippen LogP contribution in [-0.4, -0.2) is 45.0 Å². The van der Waals surface area contributed by atoms with E-state index in [9.17, 15) is 14.4 Å². The van der Waals surface area contributed by atoms with Crippen molar-refractivity contribution in [2.45, 2.75) is 42.3 Å². The SMILES string of the molecule is CC1(C)S[C@@H]2[C@@H](NC=O)C(=O)N2[C@@]1(N)C(=O)OCc1ccccc1. The number of nitrogens with zero attached hydrogens (tertiary/aromatic N) is 1. The van der Waals surface area contributed by atoms with Crippen LogP contribution in [0, 0.1) is 0 Å². The zero-order valence-corrected chi connectivity index (χ0v) is 14.2. The van der Waals surface area contributed by atoms with Crippen LogP contribution in [0.4, 0.5) is 0 Å². The van der Waals surface area contributed by atoms with Gasteiger partial charge in [0.25, 0.3) is 5.91 Å². The second kappa shape index (κ2) is 5.78. The van der Waals surface area contributed by atoms with Crippen LogP contribution < -0.4 is 11.1 Å². The fourth-order valence-electron chi connectivity index (χ4n) is 3.05. The highest BCUT2D eigenvalue weighted by Gasteiger charge is 2.71. The Bertz CT molecular complexity index is 681. The van der Waals surface area contributed by atoms with Crippen LogP contribution >= 0.6 is 11.8 Å². The molecule has 0 saturated carbocycles. The molecule has 3 atom stereocenters. The summed E-state index contributed by atoms with van der Waals surface area (Å²) in [5, 5.41) is 2.11. The van der Waals surface area contributed by atoms with E-state index in [4.69, 9.17) is 10.5 Å². The van der Waals surface area contributed by atoms with Crippen LogP contribution in [0.25, 0.3) is 0 Å². The Morgan fingerprint density at radius 2 is 2.08 bits per heavy atom. The van der Waals surface area contributed by atoms with Gasteiger partial charge in [0.1, 0.15) is 18.0 Å².